The van der Waals surface area contributed by atoms with Gasteiger partial charge in [-0.05, 0) is 69.1 Å². The van der Waals surface area contributed by atoms with E-state index in [1.54, 1.807) is 0 Å². The topological polar surface area (TPSA) is 15.3 Å². The summed E-state index contributed by atoms with van der Waals surface area (Å²) in [5, 5.41) is 3.17. The summed E-state index contributed by atoms with van der Waals surface area (Å²) in [6.07, 6.45) is 3.29. The molecule has 1 atom stereocenters. The van der Waals surface area contributed by atoms with E-state index in [-0.39, 0.29) is 6.04 Å². The van der Waals surface area contributed by atoms with Crippen LogP contribution in [0.4, 0.5) is 8.78 Å². The van der Waals surface area contributed by atoms with E-state index >= 15 is 0 Å². The molecular formula is C17H26F2N2. The second kappa shape index (κ2) is 6.84. The van der Waals surface area contributed by atoms with Crippen LogP contribution in [0.15, 0.2) is 18.2 Å². The van der Waals surface area contributed by atoms with Gasteiger partial charge < -0.3 is 10.2 Å². The van der Waals surface area contributed by atoms with E-state index in [4.69, 9.17) is 0 Å². The smallest absolute Gasteiger partial charge is 0.126 e. The fourth-order valence-electron chi connectivity index (χ4n) is 2.95. The van der Waals surface area contributed by atoms with Gasteiger partial charge in [-0.2, -0.15) is 0 Å². The van der Waals surface area contributed by atoms with E-state index in [1.807, 2.05) is 7.05 Å². The van der Waals surface area contributed by atoms with Crippen molar-refractivity contribution in [3.8, 4) is 0 Å². The van der Waals surface area contributed by atoms with E-state index in [2.05, 4.69) is 24.1 Å². The molecule has 1 heterocycles. The van der Waals surface area contributed by atoms with Gasteiger partial charge in [0.25, 0.3) is 0 Å². The zero-order chi connectivity index (χ0) is 15.5. The van der Waals surface area contributed by atoms with Crippen molar-refractivity contribution in [2.45, 2.75) is 39.2 Å². The van der Waals surface area contributed by atoms with E-state index in [0.29, 0.717) is 11.0 Å². The largest absolute Gasteiger partial charge is 0.313 e. The van der Waals surface area contributed by atoms with Crippen LogP contribution in [0.3, 0.4) is 0 Å². The fraction of sp³-hybridized carbons (Fsp3) is 0.647. The Bertz CT molecular complexity index is 444. The molecule has 0 radical (unpaired) electrons. The number of hydrogen-bond acceptors (Lipinski definition) is 2. The van der Waals surface area contributed by atoms with E-state index < -0.39 is 11.6 Å². The van der Waals surface area contributed by atoms with Crippen molar-refractivity contribution in [1.29, 1.82) is 0 Å². The van der Waals surface area contributed by atoms with Crippen LogP contribution in [0.5, 0.6) is 0 Å². The lowest BCUT2D eigenvalue weighted by Gasteiger charge is -2.37. The molecule has 0 amide bonds. The number of hydrogen-bond donors (Lipinski definition) is 1. The molecule has 1 N–H and O–H groups in total. The van der Waals surface area contributed by atoms with Gasteiger partial charge in [-0.1, -0.05) is 13.8 Å². The molecule has 0 aliphatic carbocycles. The predicted octanol–water partition coefficient (Wildman–Crippen LogP) is 3.74. The first kappa shape index (κ1) is 16.4. The van der Waals surface area contributed by atoms with Gasteiger partial charge in [0.1, 0.15) is 11.6 Å². The van der Waals surface area contributed by atoms with Gasteiger partial charge in [0.05, 0.1) is 0 Å². The van der Waals surface area contributed by atoms with Crippen molar-refractivity contribution in [3.63, 3.8) is 0 Å². The molecule has 1 saturated heterocycles. The predicted molar refractivity (Wildman–Crippen MR) is 82.2 cm³/mol. The van der Waals surface area contributed by atoms with Crippen LogP contribution in [-0.4, -0.2) is 31.6 Å². The average Bonchev–Trinajstić information content (AvgIpc) is 2.40. The maximum absolute atomic E-state index is 13.3. The van der Waals surface area contributed by atoms with Crippen LogP contribution in [0, 0.1) is 17.0 Å². The first-order valence-corrected chi connectivity index (χ1v) is 7.75. The fourth-order valence-corrected chi connectivity index (χ4v) is 2.95. The summed E-state index contributed by atoms with van der Waals surface area (Å²) in [5.41, 5.74) is 1.14. The molecule has 2 rings (SSSR count). The second-order valence-electron chi connectivity index (χ2n) is 6.84. The normalized spacial score (nSPS) is 20.4. The Morgan fingerprint density at radius 3 is 2.24 bits per heavy atom. The summed E-state index contributed by atoms with van der Waals surface area (Å²) in [6, 6.07) is 3.75. The van der Waals surface area contributed by atoms with Crippen molar-refractivity contribution in [2.24, 2.45) is 5.41 Å². The van der Waals surface area contributed by atoms with Gasteiger partial charge in [0.2, 0.25) is 0 Å². The van der Waals surface area contributed by atoms with Crippen LogP contribution in [0.1, 0.15) is 44.7 Å². The van der Waals surface area contributed by atoms with E-state index in [1.165, 1.54) is 25.0 Å². The van der Waals surface area contributed by atoms with Crippen LogP contribution < -0.4 is 5.32 Å². The molecule has 0 aromatic heterocycles. The summed E-state index contributed by atoms with van der Waals surface area (Å²) >= 11 is 0. The Kier molecular flexibility index (Phi) is 5.33. The lowest BCUT2D eigenvalue weighted by atomic mass is 9.82. The highest BCUT2D eigenvalue weighted by atomic mass is 19.1. The first-order valence-electron chi connectivity index (χ1n) is 7.75. The molecule has 4 heteroatoms. The maximum Gasteiger partial charge on any atom is 0.126 e. The third-order valence-electron chi connectivity index (χ3n) is 4.58. The molecule has 1 aliphatic rings. The molecule has 0 saturated carbocycles. The van der Waals surface area contributed by atoms with Crippen molar-refractivity contribution in [1.82, 2.24) is 10.2 Å². The van der Waals surface area contributed by atoms with E-state index in [0.717, 1.165) is 32.1 Å². The molecule has 1 fully saturated rings. The van der Waals surface area contributed by atoms with Gasteiger partial charge in [-0.15, -0.1) is 0 Å². The Morgan fingerprint density at radius 2 is 1.71 bits per heavy atom. The molecular weight excluding hydrogens is 270 g/mol. The molecule has 1 aromatic carbocycles. The SMILES string of the molecule is CNC(CCN1CCC(C)(C)CC1)c1cc(F)cc(F)c1. The van der Waals surface area contributed by atoms with Crippen molar-refractivity contribution < 1.29 is 8.78 Å². The molecule has 2 nitrogen and oxygen atoms in total. The standard InChI is InChI=1S/C17H26F2N2/c1-17(2)5-8-21(9-6-17)7-4-16(20-3)13-10-14(18)12-15(19)11-13/h10-12,16,20H,4-9H2,1-3H3. The van der Waals surface area contributed by atoms with Crippen LogP contribution in [0.2, 0.25) is 0 Å². The zero-order valence-corrected chi connectivity index (χ0v) is 13.3. The second-order valence-corrected chi connectivity index (χ2v) is 6.84. The maximum atomic E-state index is 13.3. The third-order valence-corrected chi connectivity index (χ3v) is 4.58. The van der Waals surface area contributed by atoms with Gasteiger partial charge in [-0.3, -0.25) is 0 Å². The molecule has 118 valence electrons. The molecule has 1 aromatic rings. The molecule has 1 aliphatic heterocycles. The quantitative estimate of drug-likeness (QED) is 0.890. The number of piperidine rings is 1. The summed E-state index contributed by atoms with van der Waals surface area (Å²) in [5.74, 6) is -1.02. The van der Waals surface area contributed by atoms with Crippen molar-refractivity contribution in [2.75, 3.05) is 26.7 Å². The summed E-state index contributed by atoms with van der Waals surface area (Å²) < 4.78 is 26.7. The Hall–Kier alpha value is -1.00. The molecule has 0 bridgehead atoms. The minimum Gasteiger partial charge on any atom is -0.313 e. The average molecular weight is 296 g/mol. The summed E-state index contributed by atoms with van der Waals surface area (Å²) in [7, 11) is 1.84. The highest BCUT2D eigenvalue weighted by Crippen LogP contribution is 2.30. The van der Waals surface area contributed by atoms with Crippen LogP contribution in [0.25, 0.3) is 0 Å². The van der Waals surface area contributed by atoms with Gasteiger partial charge >= 0.3 is 0 Å². The molecule has 21 heavy (non-hydrogen) atoms. The van der Waals surface area contributed by atoms with Gasteiger partial charge in [-0.25, -0.2) is 8.78 Å². The van der Waals surface area contributed by atoms with Gasteiger partial charge in [0, 0.05) is 12.1 Å². The number of likely N-dealkylation sites (tertiary alicyclic amines) is 1. The summed E-state index contributed by atoms with van der Waals surface area (Å²) in [4.78, 5) is 2.45. The highest BCUT2D eigenvalue weighted by molar-refractivity contribution is 5.21. The Morgan fingerprint density at radius 1 is 1.14 bits per heavy atom. The monoisotopic (exact) mass is 296 g/mol. The number of nitrogens with zero attached hydrogens (tertiary/aromatic N) is 1. The number of rotatable bonds is 5. The molecule has 1 unspecified atom stereocenters. The Balaban J connectivity index is 1.91. The zero-order valence-electron chi connectivity index (χ0n) is 13.3. The van der Waals surface area contributed by atoms with Crippen molar-refractivity contribution >= 4 is 0 Å². The number of benzene rings is 1. The number of nitrogens with one attached hydrogen (secondary N) is 1. The third kappa shape index (κ3) is 4.75. The van der Waals surface area contributed by atoms with Gasteiger partial charge in [0.15, 0.2) is 0 Å². The number of halogens is 2. The minimum atomic E-state index is -0.509. The molecule has 0 spiro atoms. The minimum absolute atomic E-state index is 0.00913. The Labute approximate surface area is 126 Å². The lowest BCUT2D eigenvalue weighted by Crippen LogP contribution is -2.38. The first-order chi connectivity index (χ1) is 9.89. The van der Waals surface area contributed by atoms with E-state index in [9.17, 15) is 8.78 Å². The van der Waals surface area contributed by atoms with Crippen LogP contribution >= 0.6 is 0 Å². The van der Waals surface area contributed by atoms with Crippen molar-refractivity contribution in [3.05, 3.63) is 35.4 Å². The highest BCUT2D eigenvalue weighted by Gasteiger charge is 2.25. The lowest BCUT2D eigenvalue weighted by molar-refractivity contribution is 0.128. The van der Waals surface area contributed by atoms with Crippen LogP contribution in [-0.2, 0) is 0 Å². The summed E-state index contributed by atoms with van der Waals surface area (Å²) in [6.45, 7) is 7.81.